The summed E-state index contributed by atoms with van der Waals surface area (Å²) in [7, 11) is -1.83. The van der Waals surface area contributed by atoms with E-state index in [1.165, 1.54) is 11.4 Å². The van der Waals surface area contributed by atoms with Crippen LogP contribution in [0.4, 0.5) is 0 Å². The Morgan fingerprint density at radius 1 is 1.15 bits per heavy atom. The second-order valence-corrected chi connectivity index (χ2v) is 8.17. The quantitative estimate of drug-likeness (QED) is 0.694. The average molecular weight is 418 g/mol. The Bertz CT molecular complexity index is 892. The molecule has 0 aliphatic heterocycles. The first-order valence-corrected chi connectivity index (χ1v) is 10.0. The molecular weight excluding hydrogens is 402 g/mol. The molecule has 0 fully saturated rings. The van der Waals surface area contributed by atoms with E-state index in [4.69, 9.17) is 11.6 Å². The van der Waals surface area contributed by atoms with Gasteiger partial charge in [0.15, 0.2) is 0 Å². The van der Waals surface area contributed by atoms with Crippen molar-refractivity contribution in [1.82, 2.24) is 4.72 Å². The van der Waals surface area contributed by atoms with Crippen molar-refractivity contribution in [3.63, 3.8) is 0 Å². The van der Waals surface area contributed by atoms with Gasteiger partial charge in [-0.3, -0.25) is 4.79 Å². The minimum Gasteiger partial charge on any atom is -0.468 e. The van der Waals surface area contributed by atoms with Crippen LogP contribution in [-0.2, 0) is 30.7 Å². The summed E-state index contributed by atoms with van der Waals surface area (Å²) in [5.41, 5.74) is 0.686. The summed E-state index contributed by atoms with van der Waals surface area (Å²) in [6.45, 7) is 0. The summed E-state index contributed by atoms with van der Waals surface area (Å²) in [6, 6.07) is 6.72. The zero-order chi connectivity index (χ0) is 19.3. The Morgan fingerprint density at radius 3 is 2.38 bits per heavy atom. The van der Waals surface area contributed by atoms with Gasteiger partial charge in [-0.15, -0.1) is 11.3 Å². The molecule has 0 aliphatic carbocycles. The molecule has 10 heteroatoms. The summed E-state index contributed by atoms with van der Waals surface area (Å²) >= 11 is 6.76. The molecule has 1 N–H and O–H groups in total. The fourth-order valence-electron chi connectivity index (χ4n) is 2.17. The molecule has 140 valence electrons. The van der Waals surface area contributed by atoms with Crippen LogP contribution >= 0.6 is 22.9 Å². The number of methoxy groups -OCH3 is 2. The SMILES string of the molecule is COC(=O)c1sccc1S(=O)(=O)NC(Cc1ccc(Cl)cc1)C(=O)OC. The van der Waals surface area contributed by atoms with Gasteiger partial charge in [0.05, 0.1) is 14.2 Å². The third-order valence-electron chi connectivity index (χ3n) is 3.43. The lowest BCUT2D eigenvalue weighted by atomic mass is 10.1. The van der Waals surface area contributed by atoms with E-state index in [1.807, 2.05) is 0 Å². The van der Waals surface area contributed by atoms with Gasteiger partial charge < -0.3 is 9.47 Å². The molecule has 1 aromatic carbocycles. The zero-order valence-electron chi connectivity index (χ0n) is 13.9. The number of thiophene rings is 1. The maximum Gasteiger partial charge on any atom is 0.349 e. The zero-order valence-corrected chi connectivity index (χ0v) is 16.3. The summed E-state index contributed by atoms with van der Waals surface area (Å²) in [5, 5.41) is 1.97. The molecule has 0 radical (unpaired) electrons. The first-order valence-electron chi connectivity index (χ1n) is 7.29. The van der Waals surface area contributed by atoms with Crippen LogP contribution in [0.1, 0.15) is 15.2 Å². The Labute approximate surface area is 159 Å². The standard InChI is InChI=1S/C16H16ClNO6S2/c1-23-15(19)12(9-10-3-5-11(17)6-4-10)18-26(21,22)13-7-8-25-14(13)16(20)24-2/h3-8,12,18H,9H2,1-2H3. The fraction of sp³-hybridized carbons (Fsp3) is 0.250. The molecule has 7 nitrogen and oxygen atoms in total. The third kappa shape index (κ3) is 4.82. The van der Waals surface area contributed by atoms with Crippen LogP contribution in [0.2, 0.25) is 5.02 Å². The third-order valence-corrected chi connectivity index (χ3v) is 6.22. The van der Waals surface area contributed by atoms with Gasteiger partial charge in [0.25, 0.3) is 0 Å². The molecule has 1 atom stereocenters. The topological polar surface area (TPSA) is 98.8 Å². The largest absolute Gasteiger partial charge is 0.468 e. The number of rotatable bonds is 7. The molecule has 1 unspecified atom stereocenters. The molecule has 2 rings (SSSR count). The number of halogens is 1. The highest BCUT2D eigenvalue weighted by molar-refractivity contribution is 7.89. The van der Waals surface area contributed by atoms with Crippen molar-refractivity contribution in [2.45, 2.75) is 17.4 Å². The van der Waals surface area contributed by atoms with Gasteiger partial charge in [0, 0.05) is 5.02 Å². The molecule has 2 aromatic rings. The lowest BCUT2D eigenvalue weighted by Crippen LogP contribution is -2.43. The molecule has 1 aromatic heterocycles. The number of nitrogens with one attached hydrogen (secondary N) is 1. The molecule has 0 aliphatic rings. The van der Waals surface area contributed by atoms with Crippen molar-refractivity contribution in [3.05, 3.63) is 51.2 Å². The summed E-state index contributed by atoms with van der Waals surface area (Å²) in [6.07, 6.45) is 0.0563. The van der Waals surface area contributed by atoms with Crippen LogP contribution in [0.15, 0.2) is 40.6 Å². The van der Waals surface area contributed by atoms with Crippen LogP contribution in [0, 0.1) is 0 Å². The summed E-state index contributed by atoms with van der Waals surface area (Å²) in [4.78, 5) is 23.4. The van der Waals surface area contributed by atoms with Crippen LogP contribution in [-0.4, -0.2) is 40.6 Å². The predicted molar refractivity (Wildman–Crippen MR) is 96.9 cm³/mol. The average Bonchev–Trinajstić information content (AvgIpc) is 3.12. The predicted octanol–water partition coefficient (Wildman–Crippen LogP) is 2.25. The maximum absolute atomic E-state index is 12.7. The number of hydrogen-bond acceptors (Lipinski definition) is 7. The maximum atomic E-state index is 12.7. The lowest BCUT2D eigenvalue weighted by molar-refractivity contribution is -0.142. The van der Waals surface area contributed by atoms with Crippen molar-refractivity contribution >= 4 is 44.9 Å². The van der Waals surface area contributed by atoms with E-state index in [0.29, 0.717) is 10.6 Å². The fourth-order valence-corrected chi connectivity index (χ4v) is 4.82. The molecule has 0 amide bonds. The Hall–Kier alpha value is -1.94. The first kappa shape index (κ1) is 20.4. The van der Waals surface area contributed by atoms with Crippen LogP contribution in [0.5, 0.6) is 0 Å². The molecule has 1 heterocycles. The number of carbonyl (C=O) groups excluding carboxylic acids is 2. The number of ether oxygens (including phenoxy) is 2. The number of hydrogen-bond donors (Lipinski definition) is 1. The van der Waals surface area contributed by atoms with E-state index in [-0.39, 0.29) is 16.2 Å². The molecule has 0 saturated carbocycles. The van der Waals surface area contributed by atoms with E-state index in [1.54, 1.807) is 24.3 Å². The van der Waals surface area contributed by atoms with Crippen molar-refractivity contribution < 1.29 is 27.5 Å². The lowest BCUT2D eigenvalue weighted by Gasteiger charge is -2.17. The highest BCUT2D eigenvalue weighted by atomic mass is 35.5. The van der Waals surface area contributed by atoms with Gasteiger partial charge in [-0.05, 0) is 35.6 Å². The summed E-state index contributed by atoms with van der Waals surface area (Å²) < 4.78 is 36.9. The molecule has 0 spiro atoms. The van der Waals surface area contributed by atoms with E-state index in [2.05, 4.69) is 14.2 Å². The number of benzene rings is 1. The van der Waals surface area contributed by atoms with Crippen molar-refractivity contribution in [3.8, 4) is 0 Å². The van der Waals surface area contributed by atoms with Gasteiger partial charge in [-0.1, -0.05) is 23.7 Å². The minimum atomic E-state index is -4.15. The molecule has 0 saturated heterocycles. The van der Waals surface area contributed by atoms with Crippen molar-refractivity contribution in [1.29, 1.82) is 0 Å². The molecule has 0 bridgehead atoms. The van der Waals surface area contributed by atoms with Gasteiger partial charge in [0.1, 0.15) is 15.8 Å². The van der Waals surface area contributed by atoms with E-state index in [0.717, 1.165) is 25.6 Å². The monoisotopic (exact) mass is 417 g/mol. The van der Waals surface area contributed by atoms with Crippen LogP contribution in [0.25, 0.3) is 0 Å². The van der Waals surface area contributed by atoms with Gasteiger partial charge >= 0.3 is 11.9 Å². The molecule has 26 heavy (non-hydrogen) atoms. The van der Waals surface area contributed by atoms with E-state index >= 15 is 0 Å². The van der Waals surface area contributed by atoms with E-state index < -0.39 is 28.0 Å². The van der Waals surface area contributed by atoms with Crippen LogP contribution in [0.3, 0.4) is 0 Å². The van der Waals surface area contributed by atoms with Crippen LogP contribution < -0.4 is 4.72 Å². The number of sulfonamides is 1. The van der Waals surface area contributed by atoms with Crippen molar-refractivity contribution in [2.24, 2.45) is 0 Å². The molecular formula is C16H16ClNO6S2. The minimum absolute atomic E-state index is 0.0563. The Kier molecular flexibility index (Phi) is 6.76. The number of esters is 2. The second kappa shape index (κ2) is 8.63. The van der Waals surface area contributed by atoms with E-state index in [9.17, 15) is 18.0 Å². The van der Waals surface area contributed by atoms with Crippen molar-refractivity contribution in [2.75, 3.05) is 14.2 Å². The van der Waals surface area contributed by atoms with Gasteiger partial charge in [-0.25, -0.2) is 13.2 Å². The Morgan fingerprint density at radius 2 is 1.81 bits per heavy atom. The Balaban J connectivity index is 2.30. The summed E-state index contributed by atoms with van der Waals surface area (Å²) in [5.74, 6) is -1.52. The van der Waals surface area contributed by atoms with Gasteiger partial charge in [-0.2, -0.15) is 4.72 Å². The highest BCUT2D eigenvalue weighted by Crippen LogP contribution is 2.23. The second-order valence-electron chi connectivity index (χ2n) is 5.13. The van der Waals surface area contributed by atoms with Gasteiger partial charge in [0.2, 0.25) is 10.0 Å². The smallest absolute Gasteiger partial charge is 0.349 e. The highest BCUT2D eigenvalue weighted by Gasteiger charge is 2.30. The first-order chi connectivity index (χ1) is 12.3. The normalized spacial score (nSPS) is 12.4. The number of carbonyl (C=O) groups is 2.